The van der Waals surface area contributed by atoms with Gasteiger partial charge in [-0.15, -0.1) is 0 Å². The Labute approximate surface area is 173 Å². The molecule has 1 aliphatic rings. The number of aromatic amines is 1. The highest BCUT2D eigenvalue weighted by molar-refractivity contribution is 7.98. The molecule has 2 aromatic carbocycles. The Morgan fingerprint density at radius 2 is 1.97 bits per heavy atom. The van der Waals surface area contributed by atoms with Crippen LogP contribution in [-0.2, 0) is 5.75 Å². The third kappa shape index (κ3) is 3.51. The van der Waals surface area contributed by atoms with Gasteiger partial charge < -0.3 is 5.32 Å². The zero-order valence-electron chi connectivity index (χ0n) is 16.2. The lowest BCUT2D eigenvalue weighted by Crippen LogP contribution is -2.22. The molecule has 1 aromatic heterocycles. The van der Waals surface area contributed by atoms with E-state index in [4.69, 9.17) is 6.57 Å². The molecule has 6 heteroatoms. The van der Waals surface area contributed by atoms with Crippen molar-refractivity contribution in [2.75, 3.05) is 0 Å². The molecule has 0 saturated heterocycles. The highest BCUT2D eigenvalue weighted by Crippen LogP contribution is 2.40. The molecule has 2 N–H and O–H groups in total. The molecule has 0 amide bonds. The van der Waals surface area contributed by atoms with Crippen molar-refractivity contribution in [2.24, 2.45) is 0 Å². The molecule has 0 bridgehead atoms. The highest BCUT2D eigenvalue weighted by atomic mass is 32.2. The van der Waals surface area contributed by atoms with Crippen LogP contribution in [0.4, 0.5) is 0 Å². The van der Waals surface area contributed by atoms with Gasteiger partial charge in [-0.1, -0.05) is 48.2 Å². The number of allylic oxidation sites excluding steroid dienone is 3. The number of H-pyrrole nitrogens is 1. The second-order valence-electron chi connectivity index (χ2n) is 6.94. The monoisotopic (exact) mass is 397 g/mol. The lowest BCUT2D eigenvalue weighted by Gasteiger charge is -2.26. The van der Waals surface area contributed by atoms with E-state index in [0.29, 0.717) is 11.3 Å². The lowest BCUT2D eigenvalue weighted by molar-refractivity contribution is 0.810. The fraction of sp³-hybridized carbons (Fsp3) is 0.174. The number of hydrogen-bond acceptors (Lipinski definition) is 4. The Bertz CT molecular complexity index is 1190. The van der Waals surface area contributed by atoms with Gasteiger partial charge in [0, 0.05) is 22.5 Å². The van der Waals surface area contributed by atoms with Gasteiger partial charge in [0.05, 0.1) is 29.6 Å². The molecule has 0 spiro atoms. The summed E-state index contributed by atoms with van der Waals surface area (Å²) in [6.45, 7) is 11.4. The number of dihydropyridines is 1. The Morgan fingerprint density at radius 3 is 2.69 bits per heavy atom. The summed E-state index contributed by atoms with van der Waals surface area (Å²) in [4.78, 5) is 3.74. The largest absolute Gasteiger partial charge is 0.372 e. The molecule has 4 rings (SSSR count). The van der Waals surface area contributed by atoms with Gasteiger partial charge in [0.2, 0.25) is 0 Å². The summed E-state index contributed by atoms with van der Waals surface area (Å²) in [6, 6.07) is 18.6. The fourth-order valence-electron chi connectivity index (χ4n) is 3.63. The normalized spacial score (nSPS) is 16.5. The first-order valence-electron chi connectivity index (χ1n) is 9.23. The molecular weight excluding hydrogens is 378 g/mol. The summed E-state index contributed by atoms with van der Waals surface area (Å²) in [5, 5.41) is 22.4. The number of nitrogens with one attached hydrogen (secondary N) is 2. The minimum Gasteiger partial charge on any atom is -0.372 e. The maximum atomic E-state index is 9.73. The van der Waals surface area contributed by atoms with Crippen LogP contribution >= 0.6 is 11.8 Å². The van der Waals surface area contributed by atoms with Crippen LogP contribution in [0.1, 0.15) is 30.9 Å². The number of nitrogens with zero attached hydrogens (tertiary/aromatic N) is 3. The Morgan fingerprint density at radius 1 is 1.17 bits per heavy atom. The van der Waals surface area contributed by atoms with Crippen molar-refractivity contribution in [3.05, 3.63) is 93.7 Å². The van der Waals surface area contributed by atoms with Gasteiger partial charge >= 0.3 is 0 Å². The number of aromatic nitrogens is 2. The molecule has 29 heavy (non-hydrogen) atoms. The molecule has 1 atom stereocenters. The highest BCUT2D eigenvalue weighted by Gasteiger charge is 2.30. The van der Waals surface area contributed by atoms with Crippen LogP contribution in [0.3, 0.4) is 0 Å². The molecular formula is C23H19N5S. The molecule has 1 unspecified atom stereocenters. The fourth-order valence-corrected chi connectivity index (χ4v) is 4.56. The van der Waals surface area contributed by atoms with E-state index in [1.807, 2.05) is 44.2 Å². The van der Waals surface area contributed by atoms with Crippen molar-refractivity contribution in [2.45, 2.75) is 30.5 Å². The number of nitriles is 1. The van der Waals surface area contributed by atoms with E-state index in [0.717, 1.165) is 38.6 Å². The van der Waals surface area contributed by atoms with Crippen molar-refractivity contribution >= 4 is 22.7 Å². The van der Waals surface area contributed by atoms with E-state index >= 15 is 0 Å². The first kappa shape index (κ1) is 18.9. The minimum absolute atomic E-state index is 0.356. The molecule has 0 radical (unpaired) electrons. The summed E-state index contributed by atoms with van der Waals surface area (Å²) < 4.78 is 0. The van der Waals surface area contributed by atoms with Crippen LogP contribution in [-0.4, -0.2) is 10.2 Å². The summed E-state index contributed by atoms with van der Waals surface area (Å²) in [5.74, 6) is 0.470. The maximum absolute atomic E-state index is 9.73. The van der Waals surface area contributed by atoms with E-state index in [-0.39, 0.29) is 5.92 Å². The van der Waals surface area contributed by atoms with Gasteiger partial charge in [0.25, 0.3) is 0 Å². The van der Waals surface area contributed by atoms with E-state index in [1.165, 1.54) is 5.56 Å². The second-order valence-corrected chi connectivity index (χ2v) is 7.90. The van der Waals surface area contributed by atoms with Gasteiger partial charge in [-0.25, -0.2) is 4.85 Å². The molecule has 3 aromatic rings. The van der Waals surface area contributed by atoms with Gasteiger partial charge in [0.1, 0.15) is 5.03 Å². The zero-order valence-corrected chi connectivity index (χ0v) is 17.0. The third-order valence-corrected chi connectivity index (χ3v) is 6.13. The number of benzene rings is 2. The molecule has 0 fully saturated rings. The average Bonchev–Trinajstić information content (AvgIpc) is 3.14. The average molecular weight is 398 g/mol. The molecule has 142 valence electrons. The van der Waals surface area contributed by atoms with E-state index in [1.54, 1.807) is 11.8 Å². The minimum atomic E-state index is -0.356. The van der Waals surface area contributed by atoms with Crippen LogP contribution in [0.2, 0.25) is 0 Å². The summed E-state index contributed by atoms with van der Waals surface area (Å²) in [5.41, 5.74) is 5.87. The first-order chi connectivity index (χ1) is 14.1. The Balaban J connectivity index is 1.74. The summed E-state index contributed by atoms with van der Waals surface area (Å²) in [6.07, 6.45) is 0. The van der Waals surface area contributed by atoms with Crippen molar-refractivity contribution in [1.29, 1.82) is 5.26 Å². The van der Waals surface area contributed by atoms with Crippen molar-refractivity contribution in [1.82, 2.24) is 15.5 Å². The van der Waals surface area contributed by atoms with Crippen LogP contribution in [0.25, 0.3) is 15.7 Å². The molecule has 5 nitrogen and oxygen atoms in total. The molecule has 2 heterocycles. The SMILES string of the molecule is [C-]#[N+]C1=C(C)NC(C)=C(C#N)C1c1ccc2[nH]nc(SCc3ccccc3)c2c1. The summed E-state index contributed by atoms with van der Waals surface area (Å²) >= 11 is 1.68. The van der Waals surface area contributed by atoms with E-state index in [9.17, 15) is 5.26 Å². The van der Waals surface area contributed by atoms with Crippen molar-refractivity contribution in [3.63, 3.8) is 0 Å². The van der Waals surface area contributed by atoms with Gasteiger partial charge in [-0.2, -0.15) is 10.4 Å². The second kappa shape index (κ2) is 7.87. The van der Waals surface area contributed by atoms with Crippen LogP contribution in [0.15, 0.2) is 76.2 Å². The van der Waals surface area contributed by atoms with Gasteiger partial charge in [-0.05, 0) is 37.1 Å². The Hall–Kier alpha value is -3.48. The quantitative estimate of drug-likeness (QED) is 0.451. The van der Waals surface area contributed by atoms with Crippen molar-refractivity contribution < 1.29 is 0 Å². The van der Waals surface area contributed by atoms with Crippen LogP contribution in [0.5, 0.6) is 0 Å². The lowest BCUT2D eigenvalue weighted by atomic mass is 9.84. The number of fused-ring (bicyclic) bond motifs is 1. The van der Waals surface area contributed by atoms with Gasteiger partial charge in [0.15, 0.2) is 5.70 Å². The van der Waals surface area contributed by atoms with E-state index in [2.05, 4.69) is 44.6 Å². The Kier molecular flexibility index (Phi) is 5.12. The number of thioether (sulfide) groups is 1. The predicted molar refractivity (Wildman–Crippen MR) is 116 cm³/mol. The van der Waals surface area contributed by atoms with Crippen molar-refractivity contribution in [3.8, 4) is 6.07 Å². The van der Waals surface area contributed by atoms with Gasteiger partial charge in [-0.3, -0.25) is 5.10 Å². The third-order valence-electron chi connectivity index (χ3n) is 5.07. The standard InChI is InChI=1S/C23H19N5S/c1-14-19(12-24)21(22(25-3)15(2)26-14)17-9-10-20-18(11-17)23(28-27-20)29-13-16-7-5-4-6-8-16/h4-11,21,26H,13H2,1-2H3,(H,27,28). The van der Waals surface area contributed by atoms with Crippen LogP contribution < -0.4 is 5.32 Å². The summed E-state index contributed by atoms with van der Waals surface area (Å²) in [7, 11) is 0. The smallest absolute Gasteiger partial charge is 0.196 e. The molecule has 0 saturated carbocycles. The number of hydrogen-bond donors (Lipinski definition) is 2. The zero-order chi connectivity index (χ0) is 20.4. The predicted octanol–water partition coefficient (Wildman–Crippen LogP) is 5.49. The maximum Gasteiger partial charge on any atom is 0.196 e. The topological polar surface area (TPSA) is 68.9 Å². The number of rotatable bonds is 4. The first-order valence-corrected chi connectivity index (χ1v) is 10.2. The molecule has 1 aliphatic heterocycles. The van der Waals surface area contributed by atoms with E-state index < -0.39 is 0 Å². The molecule has 0 aliphatic carbocycles. The van der Waals surface area contributed by atoms with Crippen LogP contribution in [0, 0.1) is 17.9 Å².